The van der Waals surface area contributed by atoms with E-state index in [0.717, 1.165) is 108 Å². The van der Waals surface area contributed by atoms with Crippen LogP contribution >= 0.6 is 15.6 Å². The molecule has 3 N–H and O–H groups in total. The average Bonchev–Trinajstić information content (AvgIpc) is 2.49. The smallest absolute Gasteiger partial charge is 0.462 e. The Morgan fingerprint density at radius 1 is 0.272 bits per heavy atom. The summed E-state index contributed by atoms with van der Waals surface area (Å²) in [6.07, 6.45) is 46.2. The highest BCUT2D eigenvalue weighted by molar-refractivity contribution is 7.47. The van der Waals surface area contributed by atoms with Gasteiger partial charge in [0.05, 0.1) is 26.4 Å². The Labute approximate surface area is 562 Å². The zero-order valence-corrected chi connectivity index (χ0v) is 62.0. The maximum atomic E-state index is 13.1. The number of esters is 4. The summed E-state index contributed by atoms with van der Waals surface area (Å²) in [5, 5.41) is 10.6. The highest BCUT2D eigenvalue weighted by Gasteiger charge is 2.30. The van der Waals surface area contributed by atoms with Crippen molar-refractivity contribution >= 4 is 39.5 Å². The zero-order chi connectivity index (χ0) is 68.2. The fourth-order valence-electron chi connectivity index (χ4n) is 11.0. The Morgan fingerprint density at radius 3 is 0.674 bits per heavy atom. The predicted octanol–water partition coefficient (Wildman–Crippen LogP) is 20.9. The lowest BCUT2D eigenvalue weighted by atomic mass is 10.0. The van der Waals surface area contributed by atoms with Gasteiger partial charge in [-0.15, -0.1) is 0 Å². The molecule has 0 saturated carbocycles. The number of carbonyl (C=O) groups excluding carboxylic acids is 4. The number of aliphatic hydroxyl groups is 1. The van der Waals surface area contributed by atoms with Gasteiger partial charge in [0.25, 0.3) is 0 Å². The van der Waals surface area contributed by atoms with Crippen LogP contribution in [0.1, 0.15) is 364 Å². The van der Waals surface area contributed by atoms with E-state index in [0.29, 0.717) is 37.5 Å². The maximum absolute atomic E-state index is 13.1. The van der Waals surface area contributed by atoms with E-state index in [9.17, 15) is 43.2 Å². The van der Waals surface area contributed by atoms with E-state index in [1.165, 1.54) is 161 Å². The van der Waals surface area contributed by atoms with Gasteiger partial charge in [-0.2, -0.15) is 0 Å². The number of phosphoric ester groups is 2. The van der Waals surface area contributed by atoms with Gasteiger partial charge >= 0.3 is 39.5 Å². The highest BCUT2D eigenvalue weighted by Crippen LogP contribution is 2.45. The molecule has 0 aliphatic carbocycles. The van der Waals surface area contributed by atoms with Crippen molar-refractivity contribution in [1.82, 2.24) is 0 Å². The summed E-state index contributed by atoms with van der Waals surface area (Å²) in [5.74, 6) is 0.811. The minimum Gasteiger partial charge on any atom is -0.462 e. The number of hydrogen-bond donors (Lipinski definition) is 3. The standard InChI is InChI=1S/C73H142O17P2/c1-63(2)49-41-33-25-21-17-13-10-9-11-15-20-24-28-39-47-55-72(77)89-68(59-83-70(75)53-45-37-27-23-19-16-12-14-18-22-26-34-42-50-64(3)4)61-87-91(79,80)85-57-67(74)58-86-92(81,82)88-62-69(90-73(78)56-48-40-32-30-36-44-52-66(7)8)60-84-71(76)54-46-38-31-29-35-43-51-65(5)6/h63-69,74H,9-62H2,1-8H3,(H,79,80)(H,81,82)/t67-,68-,69-/m1/s1. The molecule has 0 aromatic rings. The van der Waals surface area contributed by atoms with Gasteiger partial charge < -0.3 is 33.8 Å². The summed E-state index contributed by atoms with van der Waals surface area (Å²) in [5.41, 5.74) is 0. The summed E-state index contributed by atoms with van der Waals surface area (Å²) >= 11 is 0. The van der Waals surface area contributed by atoms with E-state index in [2.05, 4.69) is 55.4 Å². The largest absolute Gasteiger partial charge is 0.472 e. The van der Waals surface area contributed by atoms with E-state index in [4.69, 9.17) is 37.0 Å². The molecule has 0 aliphatic rings. The van der Waals surface area contributed by atoms with Gasteiger partial charge in [0, 0.05) is 25.7 Å². The van der Waals surface area contributed by atoms with Crippen molar-refractivity contribution in [3.8, 4) is 0 Å². The van der Waals surface area contributed by atoms with E-state index < -0.39 is 97.5 Å². The molecule has 0 amide bonds. The molecule has 0 spiro atoms. The molecule has 19 heteroatoms. The van der Waals surface area contributed by atoms with Crippen LogP contribution in [0.25, 0.3) is 0 Å². The number of phosphoric acid groups is 2. The molecule has 0 aliphatic heterocycles. The molecule has 0 rings (SSSR count). The lowest BCUT2D eigenvalue weighted by Gasteiger charge is -2.21. The first-order chi connectivity index (χ1) is 44.1. The van der Waals surface area contributed by atoms with Crippen LogP contribution < -0.4 is 0 Å². The van der Waals surface area contributed by atoms with Crippen LogP contribution in [0, 0.1) is 23.7 Å². The number of ether oxygens (including phenoxy) is 4. The molecular formula is C73H142O17P2. The summed E-state index contributed by atoms with van der Waals surface area (Å²) in [7, 11) is -9.90. The molecule has 0 radical (unpaired) electrons. The quantitative estimate of drug-likeness (QED) is 0.0222. The van der Waals surface area contributed by atoms with E-state index in [1.54, 1.807) is 0 Å². The summed E-state index contributed by atoms with van der Waals surface area (Å²) in [4.78, 5) is 72.6. The maximum Gasteiger partial charge on any atom is 0.472 e. The van der Waals surface area contributed by atoms with Crippen molar-refractivity contribution in [2.24, 2.45) is 23.7 Å². The van der Waals surface area contributed by atoms with Crippen molar-refractivity contribution in [3.05, 3.63) is 0 Å². The SMILES string of the molecule is CC(C)CCCCCCCCCCCCCCCCCC(=O)O[C@H](COC(=O)CCCCCCCCCCCCCCCC(C)C)COP(=O)(O)OC[C@@H](O)COP(=O)(O)OC[C@@H](COC(=O)CCCCCCCCC(C)C)OC(=O)CCCCCCCCC(C)C. The van der Waals surface area contributed by atoms with Gasteiger partial charge in [0.1, 0.15) is 19.3 Å². The molecule has 17 nitrogen and oxygen atoms in total. The number of unbranched alkanes of at least 4 members (excludes halogenated alkanes) is 36. The topological polar surface area (TPSA) is 237 Å². The molecule has 0 aromatic heterocycles. The summed E-state index contributed by atoms with van der Waals surface area (Å²) in [6, 6.07) is 0. The van der Waals surface area contributed by atoms with Crippen LogP contribution in [-0.4, -0.2) is 96.7 Å². The number of carbonyl (C=O) groups is 4. The monoisotopic (exact) mass is 1350 g/mol. The number of rotatable bonds is 70. The lowest BCUT2D eigenvalue weighted by Crippen LogP contribution is -2.30. The van der Waals surface area contributed by atoms with Gasteiger partial charge in [-0.1, -0.05) is 312 Å². The fraction of sp³-hybridized carbons (Fsp3) is 0.945. The Hall–Kier alpha value is -1.94. The van der Waals surface area contributed by atoms with Gasteiger partial charge in [-0.05, 0) is 49.4 Å². The highest BCUT2D eigenvalue weighted by atomic mass is 31.2. The third-order valence-electron chi connectivity index (χ3n) is 16.8. The second kappa shape index (κ2) is 62.6. The van der Waals surface area contributed by atoms with Crippen molar-refractivity contribution in [3.63, 3.8) is 0 Å². The van der Waals surface area contributed by atoms with Crippen LogP contribution in [0.5, 0.6) is 0 Å². The minimum absolute atomic E-state index is 0.101. The van der Waals surface area contributed by atoms with Gasteiger partial charge in [0.15, 0.2) is 12.2 Å². The third-order valence-corrected chi connectivity index (χ3v) is 18.7. The first-order valence-corrected chi connectivity index (χ1v) is 40.7. The van der Waals surface area contributed by atoms with Crippen LogP contribution in [0.15, 0.2) is 0 Å². The molecule has 0 aromatic carbocycles. The number of hydrogen-bond acceptors (Lipinski definition) is 15. The fourth-order valence-corrected chi connectivity index (χ4v) is 12.6. The predicted molar refractivity (Wildman–Crippen MR) is 372 cm³/mol. The van der Waals surface area contributed by atoms with E-state index in [1.807, 2.05) is 0 Å². The molecule has 546 valence electrons. The third kappa shape index (κ3) is 66.7. The zero-order valence-electron chi connectivity index (χ0n) is 60.2. The Bertz CT molecular complexity index is 1820. The first-order valence-electron chi connectivity index (χ1n) is 37.7. The molecule has 5 atom stereocenters. The van der Waals surface area contributed by atoms with Crippen LogP contribution in [0.2, 0.25) is 0 Å². The van der Waals surface area contributed by atoms with Crippen LogP contribution in [0.4, 0.5) is 0 Å². The van der Waals surface area contributed by atoms with Crippen molar-refractivity contribution < 1.29 is 80.2 Å². The summed E-state index contributed by atoms with van der Waals surface area (Å²) < 4.78 is 68.3. The van der Waals surface area contributed by atoms with Crippen molar-refractivity contribution in [2.45, 2.75) is 382 Å². The van der Waals surface area contributed by atoms with Gasteiger partial charge in [-0.25, -0.2) is 9.13 Å². The number of aliphatic hydroxyl groups excluding tert-OH is 1. The Balaban J connectivity index is 5.21. The second-order valence-electron chi connectivity index (χ2n) is 28.2. The molecular weight excluding hydrogens is 1210 g/mol. The average molecular weight is 1350 g/mol. The Kier molecular flexibility index (Phi) is 61.3. The lowest BCUT2D eigenvalue weighted by molar-refractivity contribution is -0.161. The van der Waals surface area contributed by atoms with Gasteiger partial charge in [-0.3, -0.25) is 37.3 Å². The summed E-state index contributed by atoms with van der Waals surface area (Å²) in [6.45, 7) is 14.0. The normalized spacial score (nSPS) is 14.2. The molecule has 92 heavy (non-hydrogen) atoms. The first kappa shape index (κ1) is 90.1. The van der Waals surface area contributed by atoms with Crippen LogP contribution in [0.3, 0.4) is 0 Å². The van der Waals surface area contributed by atoms with Gasteiger partial charge in [0.2, 0.25) is 0 Å². The molecule has 2 unspecified atom stereocenters. The second-order valence-corrected chi connectivity index (χ2v) is 31.1. The minimum atomic E-state index is -4.96. The van der Waals surface area contributed by atoms with Crippen LogP contribution in [-0.2, 0) is 65.4 Å². The van der Waals surface area contributed by atoms with Crippen molar-refractivity contribution in [2.75, 3.05) is 39.6 Å². The molecule has 0 fully saturated rings. The molecule has 0 bridgehead atoms. The van der Waals surface area contributed by atoms with E-state index >= 15 is 0 Å². The molecule has 0 saturated heterocycles. The van der Waals surface area contributed by atoms with Crippen molar-refractivity contribution in [1.29, 1.82) is 0 Å². The van der Waals surface area contributed by atoms with E-state index in [-0.39, 0.29) is 25.7 Å². The Morgan fingerprint density at radius 2 is 0.457 bits per heavy atom. The molecule has 0 heterocycles.